The van der Waals surface area contributed by atoms with Gasteiger partial charge in [0.1, 0.15) is 5.76 Å². The predicted molar refractivity (Wildman–Crippen MR) is 139 cm³/mol. The molecule has 0 saturated heterocycles. The first-order valence-corrected chi connectivity index (χ1v) is 13.2. The largest absolute Gasteiger partial charge is 0.467 e. The van der Waals surface area contributed by atoms with Crippen molar-refractivity contribution >= 4 is 28.1 Å². The monoisotopic (exact) mass is 489 g/mol. The predicted octanol–water partition coefficient (Wildman–Crippen LogP) is 5.45. The van der Waals surface area contributed by atoms with Gasteiger partial charge in [-0.2, -0.15) is 0 Å². The Kier molecular flexibility index (Phi) is 7.45. The van der Waals surface area contributed by atoms with Gasteiger partial charge in [-0.15, -0.1) is 11.3 Å². The fraction of sp³-hybridized carbons (Fsp3) is 0.357. The summed E-state index contributed by atoms with van der Waals surface area (Å²) < 4.78 is 5.60. The molecule has 0 spiro atoms. The topological polar surface area (TPSA) is 78.3 Å². The van der Waals surface area contributed by atoms with Crippen LogP contribution in [0.2, 0.25) is 0 Å². The van der Waals surface area contributed by atoms with Crippen molar-refractivity contribution < 1.29 is 9.21 Å². The molecule has 1 aromatic carbocycles. The molecule has 35 heavy (non-hydrogen) atoms. The minimum atomic E-state index is -0.253. The van der Waals surface area contributed by atoms with Gasteiger partial charge >= 0.3 is 0 Å². The summed E-state index contributed by atoms with van der Waals surface area (Å²) in [6, 6.07) is 17.1. The molecule has 2 N–H and O–H groups in total. The van der Waals surface area contributed by atoms with E-state index in [-0.39, 0.29) is 17.5 Å². The summed E-state index contributed by atoms with van der Waals surface area (Å²) in [5, 5.41) is 6.67. The number of aromatic amines is 1. The Hall–Kier alpha value is -3.16. The average Bonchev–Trinajstić information content (AvgIpc) is 3.59. The van der Waals surface area contributed by atoms with E-state index in [4.69, 9.17) is 4.42 Å². The second-order valence-corrected chi connectivity index (χ2v) is 10.4. The standard InChI is InChI=1S/C28H31N3O3S/c32-26-13-11-22-16-20(10-12-25(22)30-26)17-29-27(21-6-2-1-3-7-21)28(33)31(18-23-8-4-14-34-23)19-24-9-5-15-35-24/h4-5,8-16,21,27,29H,1-3,6-7,17-19H2,(H,30,32)/t27-/m1/s1. The molecule has 4 aromatic rings. The van der Waals surface area contributed by atoms with Gasteiger partial charge in [-0.05, 0) is 71.5 Å². The zero-order valence-corrected chi connectivity index (χ0v) is 20.6. The van der Waals surface area contributed by atoms with Crippen molar-refractivity contribution in [3.63, 3.8) is 0 Å². The number of fused-ring (bicyclic) bond motifs is 1. The van der Waals surface area contributed by atoms with Crippen LogP contribution in [-0.4, -0.2) is 21.8 Å². The van der Waals surface area contributed by atoms with Crippen molar-refractivity contribution in [3.05, 3.63) is 92.8 Å². The van der Waals surface area contributed by atoms with Gasteiger partial charge < -0.3 is 19.6 Å². The first-order chi connectivity index (χ1) is 17.2. The Morgan fingerprint density at radius 3 is 2.74 bits per heavy atom. The normalized spacial score (nSPS) is 15.3. The number of nitrogens with zero attached hydrogens (tertiary/aromatic N) is 1. The number of hydrogen-bond acceptors (Lipinski definition) is 5. The zero-order chi connectivity index (χ0) is 24.0. The van der Waals surface area contributed by atoms with Crippen molar-refractivity contribution in [1.82, 2.24) is 15.2 Å². The number of nitrogens with one attached hydrogen (secondary N) is 2. The highest BCUT2D eigenvalue weighted by atomic mass is 32.1. The van der Waals surface area contributed by atoms with E-state index in [0.29, 0.717) is 25.6 Å². The van der Waals surface area contributed by atoms with Crippen molar-refractivity contribution in [2.45, 2.75) is 57.8 Å². The molecule has 182 valence electrons. The summed E-state index contributed by atoms with van der Waals surface area (Å²) in [6.07, 6.45) is 7.37. The third kappa shape index (κ3) is 5.92. The lowest BCUT2D eigenvalue weighted by Gasteiger charge is -2.34. The molecule has 7 heteroatoms. The lowest BCUT2D eigenvalue weighted by molar-refractivity contribution is -0.136. The number of rotatable bonds is 9. The number of carbonyl (C=O) groups excluding carboxylic acids is 1. The van der Waals surface area contributed by atoms with Crippen LogP contribution in [0.1, 0.15) is 48.3 Å². The fourth-order valence-corrected chi connectivity index (χ4v) is 5.77. The Labute approximate surface area is 209 Å². The molecule has 6 nitrogen and oxygen atoms in total. The number of H-pyrrole nitrogens is 1. The van der Waals surface area contributed by atoms with Gasteiger partial charge in [-0.1, -0.05) is 31.4 Å². The highest BCUT2D eigenvalue weighted by Crippen LogP contribution is 2.29. The molecule has 0 aliphatic heterocycles. The van der Waals surface area contributed by atoms with E-state index in [2.05, 4.69) is 27.8 Å². The lowest BCUT2D eigenvalue weighted by Crippen LogP contribution is -2.50. The van der Waals surface area contributed by atoms with Crippen LogP contribution >= 0.6 is 11.3 Å². The van der Waals surface area contributed by atoms with Crippen LogP contribution in [0.4, 0.5) is 0 Å². The molecule has 3 heterocycles. The number of aromatic nitrogens is 1. The third-order valence-corrected chi connectivity index (χ3v) is 7.73. The fourth-order valence-electron chi connectivity index (χ4n) is 5.05. The molecule has 5 rings (SSSR count). The van der Waals surface area contributed by atoms with Gasteiger partial charge in [-0.3, -0.25) is 9.59 Å². The van der Waals surface area contributed by atoms with Gasteiger partial charge in [-0.25, -0.2) is 0 Å². The summed E-state index contributed by atoms with van der Waals surface area (Å²) in [5.74, 6) is 1.24. The Bertz CT molecular complexity index is 1250. The quantitative estimate of drug-likeness (QED) is 0.328. The number of furan rings is 1. The van der Waals surface area contributed by atoms with Gasteiger partial charge in [0.25, 0.3) is 0 Å². The lowest BCUT2D eigenvalue weighted by atomic mass is 9.83. The van der Waals surface area contributed by atoms with Crippen LogP contribution in [0.3, 0.4) is 0 Å². The molecule has 0 unspecified atom stereocenters. The molecular formula is C28H31N3O3S. The van der Waals surface area contributed by atoms with Crippen LogP contribution in [0, 0.1) is 5.92 Å². The highest BCUT2D eigenvalue weighted by Gasteiger charge is 2.33. The van der Waals surface area contributed by atoms with E-state index < -0.39 is 0 Å². The minimum Gasteiger partial charge on any atom is -0.467 e. The molecule has 1 aliphatic rings. The summed E-state index contributed by atoms with van der Waals surface area (Å²) >= 11 is 1.67. The maximum Gasteiger partial charge on any atom is 0.248 e. The number of hydrogen-bond donors (Lipinski definition) is 2. The maximum absolute atomic E-state index is 14.1. The second kappa shape index (κ2) is 11.1. The van der Waals surface area contributed by atoms with E-state index in [1.807, 2.05) is 41.3 Å². The van der Waals surface area contributed by atoms with Gasteiger partial charge in [0.05, 0.1) is 25.4 Å². The summed E-state index contributed by atoms with van der Waals surface area (Å²) in [4.78, 5) is 31.6. The number of thiophene rings is 1. The molecule has 1 saturated carbocycles. The molecule has 1 aliphatic carbocycles. The molecule has 1 amide bonds. The third-order valence-electron chi connectivity index (χ3n) is 6.87. The second-order valence-electron chi connectivity index (χ2n) is 9.35. The van der Waals surface area contributed by atoms with E-state index in [1.54, 1.807) is 23.7 Å². The Morgan fingerprint density at radius 1 is 1.09 bits per heavy atom. The van der Waals surface area contributed by atoms with Crippen molar-refractivity contribution in [1.29, 1.82) is 0 Å². The van der Waals surface area contributed by atoms with Gasteiger partial charge in [0.15, 0.2) is 0 Å². The highest BCUT2D eigenvalue weighted by molar-refractivity contribution is 7.09. The van der Waals surface area contributed by atoms with E-state index in [1.165, 1.54) is 19.3 Å². The van der Waals surface area contributed by atoms with Crippen molar-refractivity contribution in [3.8, 4) is 0 Å². The number of pyridine rings is 1. The molecular weight excluding hydrogens is 458 g/mol. The first-order valence-electron chi connectivity index (χ1n) is 12.3. The van der Waals surface area contributed by atoms with E-state index >= 15 is 0 Å². The average molecular weight is 490 g/mol. The molecule has 1 atom stereocenters. The molecule has 0 radical (unpaired) electrons. The summed E-state index contributed by atoms with van der Waals surface area (Å²) in [6.45, 7) is 1.62. The molecule has 0 bridgehead atoms. The number of amides is 1. The first kappa shape index (κ1) is 23.6. The zero-order valence-electron chi connectivity index (χ0n) is 19.7. The number of carbonyl (C=O) groups is 1. The Morgan fingerprint density at radius 2 is 1.97 bits per heavy atom. The molecule has 1 fully saturated rings. The van der Waals surface area contributed by atoms with E-state index in [0.717, 1.165) is 39.9 Å². The SMILES string of the molecule is O=C([C@H](NCc1ccc2[nH]c(=O)ccc2c1)C1CCCCC1)N(Cc1ccco1)Cc1cccs1. The Balaban J connectivity index is 1.37. The maximum atomic E-state index is 14.1. The van der Waals surface area contributed by atoms with E-state index in [9.17, 15) is 9.59 Å². The van der Waals surface area contributed by atoms with Gasteiger partial charge in [0.2, 0.25) is 11.5 Å². The summed E-state index contributed by atoms with van der Waals surface area (Å²) in [7, 11) is 0. The van der Waals surface area contributed by atoms with Crippen LogP contribution in [-0.2, 0) is 24.4 Å². The van der Waals surface area contributed by atoms with Crippen LogP contribution in [0.25, 0.3) is 10.9 Å². The summed E-state index contributed by atoms with van der Waals surface area (Å²) in [5.41, 5.74) is 1.81. The number of benzene rings is 1. The van der Waals surface area contributed by atoms with Crippen molar-refractivity contribution in [2.75, 3.05) is 0 Å². The van der Waals surface area contributed by atoms with Gasteiger partial charge in [0, 0.05) is 23.0 Å². The smallest absolute Gasteiger partial charge is 0.248 e. The minimum absolute atomic E-state index is 0.103. The van der Waals surface area contributed by atoms with Crippen LogP contribution < -0.4 is 10.9 Å². The van der Waals surface area contributed by atoms with Crippen molar-refractivity contribution in [2.24, 2.45) is 5.92 Å². The molecule has 3 aromatic heterocycles. The van der Waals surface area contributed by atoms with Crippen LogP contribution in [0.5, 0.6) is 0 Å². The van der Waals surface area contributed by atoms with Crippen LogP contribution in [0.15, 0.2) is 75.5 Å².